The van der Waals surface area contributed by atoms with Gasteiger partial charge in [-0.15, -0.1) is 0 Å². The Morgan fingerprint density at radius 2 is 2.05 bits per heavy atom. The predicted molar refractivity (Wildman–Crippen MR) is 69.0 cm³/mol. The molecule has 100 valence electrons. The quantitative estimate of drug-likeness (QED) is 0.934. The molecule has 0 bridgehead atoms. The summed E-state index contributed by atoms with van der Waals surface area (Å²) in [6.07, 6.45) is 1.67. The van der Waals surface area contributed by atoms with E-state index in [0.717, 1.165) is 6.07 Å². The van der Waals surface area contributed by atoms with Gasteiger partial charge in [-0.3, -0.25) is 4.98 Å². The summed E-state index contributed by atoms with van der Waals surface area (Å²) in [5, 5.41) is 10.4. The molecule has 1 aromatic heterocycles. The molecule has 1 aromatic carbocycles. The van der Waals surface area contributed by atoms with Crippen molar-refractivity contribution in [3.8, 4) is 0 Å². The van der Waals surface area contributed by atoms with Gasteiger partial charge in [0.25, 0.3) is 0 Å². The van der Waals surface area contributed by atoms with Crippen molar-refractivity contribution in [2.75, 3.05) is 0 Å². The number of hydrogen-bond donors (Lipinski definition) is 1. The second kappa shape index (κ2) is 5.63. The number of benzene rings is 1. The van der Waals surface area contributed by atoms with Crippen molar-refractivity contribution in [1.29, 1.82) is 0 Å². The Hall–Kier alpha value is -1.52. The topological polar surface area (TPSA) is 33.1 Å². The van der Waals surface area contributed by atoms with Gasteiger partial charge in [0.05, 0.1) is 16.7 Å². The minimum atomic E-state index is -1.29. The van der Waals surface area contributed by atoms with Gasteiger partial charge in [-0.2, -0.15) is 0 Å². The van der Waals surface area contributed by atoms with Gasteiger partial charge in [0.1, 0.15) is 11.6 Å². The second-order valence-electron chi connectivity index (χ2n) is 4.28. The number of nitrogens with zero attached hydrogens (tertiary/aromatic N) is 1. The van der Waals surface area contributed by atoms with E-state index in [0.29, 0.717) is 10.6 Å². The van der Waals surface area contributed by atoms with Gasteiger partial charge in [-0.1, -0.05) is 17.7 Å². The molecule has 0 amide bonds. The van der Waals surface area contributed by atoms with Crippen LogP contribution in [0.1, 0.15) is 22.8 Å². The molecule has 0 radical (unpaired) electrons. The number of rotatable bonds is 3. The monoisotopic (exact) mass is 283 g/mol. The third kappa shape index (κ3) is 2.91. The van der Waals surface area contributed by atoms with Gasteiger partial charge in [0.2, 0.25) is 0 Å². The molecule has 2 aromatic rings. The summed E-state index contributed by atoms with van der Waals surface area (Å²) >= 11 is 5.91. The highest BCUT2D eigenvalue weighted by molar-refractivity contribution is 6.31. The maximum Gasteiger partial charge on any atom is 0.134 e. The fourth-order valence-corrected chi connectivity index (χ4v) is 2.06. The van der Waals surface area contributed by atoms with Gasteiger partial charge in [0, 0.05) is 18.8 Å². The molecule has 1 unspecified atom stereocenters. The van der Waals surface area contributed by atoms with E-state index in [9.17, 15) is 13.9 Å². The van der Waals surface area contributed by atoms with E-state index in [1.807, 2.05) is 0 Å². The third-order valence-electron chi connectivity index (χ3n) is 2.92. The summed E-state index contributed by atoms with van der Waals surface area (Å²) in [6, 6.07) is 4.09. The van der Waals surface area contributed by atoms with Gasteiger partial charge in [-0.25, -0.2) is 8.78 Å². The first-order chi connectivity index (χ1) is 9.00. The Morgan fingerprint density at radius 1 is 1.32 bits per heavy atom. The molecule has 0 aliphatic rings. The average molecular weight is 284 g/mol. The van der Waals surface area contributed by atoms with E-state index in [2.05, 4.69) is 4.98 Å². The summed E-state index contributed by atoms with van der Waals surface area (Å²) < 4.78 is 27.5. The highest BCUT2D eigenvalue weighted by Crippen LogP contribution is 2.27. The van der Waals surface area contributed by atoms with Crippen LogP contribution in [-0.4, -0.2) is 10.1 Å². The lowest BCUT2D eigenvalue weighted by Crippen LogP contribution is -2.09. The number of aromatic nitrogens is 1. The zero-order valence-corrected chi connectivity index (χ0v) is 11.0. The first kappa shape index (κ1) is 13.9. The van der Waals surface area contributed by atoms with Crippen LogP contribution >= 0.6 is 11.6 Å². The van der Waals surface area contributed by atoms with Crippen molar-refractivity contribution >= 4 is 11.6 Å². The van der Waals surface area contributed by atoms with Crippen LogP contribution in [0.25, 0.3) is 0 Å². The van der Waals surface area contributed by atoms with Crippen molar-refractivity contribution < 1.29 is 13.9 Å². The number of aryl methyl sites for hydroxylation is 1. The Labute approximate surface area is 114 Å². The molecule has 19 heavy (non-hydrogen) atoms. The Kier molecular flexibility index (Phi) is 4.12. The molecular weight excluding hydrogens is 272 g/mol. The zero-order valence-electron chi connectivity index (χ0n) is 10.2. The fourth-order valence-electron chi connectivity index (χ4n) is 1.86. The van der Waals surface area contributed by atoms with E-state index in [4.69, 9.17) is 11.6 Å². The Morgan fingerprint density at radius 3 is 2.74 bits per heavy atom. The highest BCUT2D eigenvalue weighted by Gasteiger charge is 2.20. The maximum absolute atomic E-state index is 13.9. The maximum atomic E-state index is 13.9. The SMILES string of the molecule is Cc1ccc(F)c(C(O)Cc2ccncc2Cl)c1F. The molecule has 0 saturated carbocycles. The Bertz CT molecular complexity index is 604. The van der Waals surface area contributed by atoms with Crippen molar-refractivity contribution in [2.24, 2.45) is 0 Å². The molecule has 0 aliphatic carbocycles. The van der Waals surface area contributed by atoms with Gasteiger partial charge >= 0.3 is 0 Å². The summed E-state index contributed by atoms with van der Waals surface area (Å²) in [4.78, 5) is 3.81. The van der Waals surface area contributed by atoms with Crippen LogP contribution in [0.5, 0.6) is 0 Å². The second-order valence-corrected chi connectivity index (χ2v) is 4.69. The average Bonchev–Trinajstić information content (AvgIpc) is 2.37. The fraction of sp³-hybridized carbons (Fsp3) is 0.214. The normalized spacial score (nSPS) is 12.5. The number of halogens is 3. The van der Waals surface area contributed by atoms with E-state index in [1.165, 1.54) is 25.4 Å². The molecule has 2 nitrogen and oxygen atoms in total. The van der Waals surface area contributed by atoms with E-state index >= 15 is 0 Å². The lowest BCUT2D eigenvalue weighted by Gasteiger charge is -2.15. The molecule has 0 aliphatic heterocycles. The van der Waals surface area contributed by atoms with Crippen LogP contribution in [0.15, 0.2) is 30.6 Å². The summed E-state index contributed by atoms with van der Waals surface area (Å²) in [5.74, 6) is -1.49. The molecule has 1 N–H and O–H groups in total. The number of hydrogen-bond acceptors (Lipinski definition) is 2. The number of pyridine rings is 1. The van der Waals surface area contributed by atoms with Crippen molar-refractivity contribution in [1.82, 2.24) is 4.98 Å². The van der Waals surface area contributed by atoms with E-state index in [-0.39, 0.29) is 17.5 Å². The van der Waals surface area contributed by atoms with Crippen LogP contribution < -0.4 is 0 Å². The van der Waals surface area contributed by atoms with E-state index < -0.39 is 17.7 Å². The Balaban J connectivity index is 2.33. The van der Waals surface area contributed by atoms with Crippen LogP contribution in [0.3, 0.4) is 0 Å². The predicted octanol–water partition coefficient (Wildman–Crippen LogP) is 3.60. The summed E-state index contributed by atoms with van der Waals surface area (Å²) in [6.45, 7) is 1.52. The minimum absolute atomic E-state index is 0.0264. The lowest BCUT2D eigenvalue weighted by molar-refractivity contribution is 0.168. The molecule has 5 heteroatoms. The molecule has 0 saturated heterocycles. The smallest absolute Gasteiger partial charge is 0.134 e. The van der Waals surface area contributed by atoms with Crippen LogP contribution in [0.4, 0.5) is 8.78 Å². The molecule has 0 spiro atoms. The number of aliphatic hydroxyl groups is 1. The first-order valence-corrected chi connectivity index (χ1v) is 6.09. The lowest BCUT2D eigenvalue weighted by atomic mass is 9.99. The van der Waals surface area contributed by atoms with Crippen LogP contribution in [0, 0.1) is 18.6 Å². The summed E-state index contributed by atoms with van der Waals surface area (Å²) in [7, 11) is 0. The minimum Gasteiger partial charge on any atom is -0.388 e. The van der Waals surface area contributed by atoms with Crippen molar-refractivity contribution in [3.63, 3.8) is 0 Å². The molecule has 0 fully saturated rings. The molecular formula is C14H12ClF2NO. The standard InChI is InChI=1S/C14H12ClF2NO/c1-8-2-3-11(16)13(14(8)17)12(19)6-9-4-5-18-7-10(9)15/h2-5,7,12,19H,6H2,1H3. The van der Waals surface area contributed by atoms with Crippen molar-refractivity contribution in [2.45, 2.75) is 19.4 Å². The van der Waals surface area contributed by atoms with Gasteiger partial charge in [-0.05, 0) is 30.2 Å². The first-order valence-electron chi connectivity index (χ1n) is 5.71. The van der Waals surface area contributed by atoms with Crippen LogP contribution in [0.2, 0.25) is 5.02 Å². The summed E-state index contributed by atoms with van der Waals surface area (Å²) in [5.41, 5.74) is 0.550. The van der Waals surface area contributed by atoms with Crippen molar-refractivity contribution in [3.05, 3.63) is 63.9 Å². The zero-order chi connectivity index (χ0) is 14.0. The third-order valence-corrected chi connectivity index (χ3v) is 3.26. The van der Waals surface area contributed by atoms with Crippen LogP contribution in [-0.2, 0) is 6.42 Å². The largest absolute Gasteiger partial charge is 0.388 e. The molecule has 1 heterocycles. The number of aliphatic hydroxyl groups excluding tert-OH is 1. The van der Waals surface area contributed by atoms with E-state index in [1.54, 1.807) is 6.07 Å². The molecule has 1 atom stereocenters. The molecule has 2 rings (SSSR count). The van der Waals surface area contributed by atoms with Gasteiger partial charge < -0.3 is 5.11 Å². The van der Waals surface area contributed by atoms with Gasteiger partial charge in [0.15, 0.2) is 0 Å². The highest BCUT2D eigenvalue weighted by atomic mass is 35.5.